The van der Waals surface area contributed by atoms with Gasteiger partial charge in [-0.2, -0.15) is 0 Å². The molecule has 1 atom stereocenters. The zero-order valence-electron chi connectivity index (χ0n) is 14.3. The molecule has 134 valence electrons. The van der Waals surface area contributed by atoms with Gasteiger partial charge in [-0.1, -0.05) is 46.3 Å². The van der Waals surface area contributed by atoms with Gasteiger partial charge in [0.1, 0.15) is 0 Å². The van der Waals surface area contributed by atoms with Crippen LogP contribution in [0.25, 0.3) is 10.1 Å². The molecule has 3 aromatic rings. The Balaban J connectivity index is 1.73. The predicted molar refractivity (Wildman–Crippen MR) is 110 cm³/mol. The zero-order valence-corrected chi connectivity index (χ0v) is 16.7. The Labute approximate surface area is 165 Å². The molecule has 26 heavy (non-hydrogen) atoms. The number of aliphatic carboxylic acids is 1. The lowest BCUT2D eigenvalue weighted by molar-refractivity contribution is -0.143. The molecule has 5 heteroatoms. The van der Waals surface area contributed by atoms with E-state index in [1.165, 1.54) is 21.2 Å². The Bertz CT molecular complexity index is 913. The van der Waals surface area contributed by atoms with Gasteiger partial charge in [0.25, 0.3) is 0 Å². The summed E-state index contributed by atoms with van der Waals surface area (Å²) in [4.78, 5) is 13.8. The van der Waals surface area contributed by atoms with Crippen LogP contribution in [0.5, 0.6) is 0 Å². The van der Waals surface area contributed by atoms with E-state index in [1.807, 2.05) is 0 Å². The van der Waals surface area contributed by atoms with Gasteiger partial charge >= 0.3 is 5.97 Å². The van der Waals surface area contributed by atoms with E-state index in [9.17, 15) is 9.90 Å². The molecule has 4 rings (SSSR count). The average molecular weight is 430 g/mol. The normalized spacial score (nSPS) is 17.4. The Kier molecular flexibility index (Phi) is 5.11. The predicted octanol–water partition coefficient (Wildman–Crippen LogP) is 5.55. The van der Waals surface area contributed by atoms with E-state index < -0.39 is 5.97 Å². The highest BCUT2D eigenvalue weighted by molar-refractivity contribution is 9.10. The second kappa shape index (κ2) is 7.51. The largest absolute Gasteiger partial charge is 0.481 e. The van der Waals surface area contributed by atoms with Gasteiger partial charge in [-0.3, -0.25) is 9.69 Å². The summed E-state index contributed by atoms with van der Waals surface area (Å²) in [7, 11) is 0. The number of carbonyl (C=O) groups is 1. The van der Waals surface area contributed by atoms with E-state index >= 15 is 0 Å². The van der Waals surface area contributed by atoms with Crippen molar-refractivity contribution in [1.82, 2.24) is 4.90 Å². The average Bonchev–Trinajstić information content (AvgIpc) is 3.08. The number of thiophene rings is 1. The molecule has 3 nitrogen and oxygen atoms in total. The summed E-state index contributed by atoms with van der Waals surface area (Å²) in [5.74, 6) is -0.873. The molecule has 1 unspecified atom stereocenters. The number of hydrogen-bond donors (Lipinski definition) is 1. The fourth-order valence-electron chi connectivity index (χ4n) is 3.85. The number of benzene rings is 2. The van der Waals surface area contributed by atoms with E-state index in [2.05, 4.69) is 74.7 Å². The number of hydrogen-bond acceptors (Lipinski definition) is 3. The SMILES string of the molecule is O=C(O)C1CCN(C(c2ccc(Br)cc2)c2csc3ccccc23)CC1. The maximum atomic E-state index is 11.3. The van der Waals surface area contributed by atoms with Crippen molar-refractivity contribution in [3.63, 3.8) is 0 Å². The van der Waals surface area contributed by atoms with E-state index in [-0.39, 0.29) is 12.0 Å². The van der Waals surface area contributed by atoms with Crippen LogP contribution in [0.15, 0.2) is 58.4 Å². The van der Waals surface area contributed by atoms with Gasteiger partial charge < -0.3 is 5.11 Å². The molecule has 2 heterocycles. The molecule has 1 fully saturated rings. The molecular formula is C21H20BrNO2S. The van der Waals surface area contributed by atoms with Crippen molar-refractivity contribution >= 4 is 43.3 Å². The lowest BCUT2D eigenvalue weighted by Gasteiger charge is -2.37. The fraction of sp³-hybridized carbons (Fsp3) is 0.286. The van der Waals surface area contributed by atoms with Gasteiger partial charge in [-0.05, 0) is 66.0 Å². The lowest BCUT2D eigenvalue weighted by atomic mass is 9.91. The van der Waals surface area contributed by atoms with Crippen molar-refractivity contribution in [1.29, 1.82) is 0 Å². The van der Waals surface area contributed by atoms with Crippen molar-refractivity contribution in [3.05, 3.63) is 69.5 Å². The fourth-order valence-corrected chi connectivity index (χ4v) is 5.09. The number of piperidine rings is 1. The Morgan fingerprint density at radius 1 is 1.12 bits per heavy atom. The Morgan fingerprint density at radius 2 is 1.81 bits per heavy atom. The van der Waals surface area contributed by atoms with Crippen LogP contribution in [0.3, 0.4) is 0 Å². The number of rotatable bonds is 4. The summed E-state index contributed by atoms with van der Waals surface area (Å²) in [5, 5.41) is 12.9. The van der Waals surface area contributed by atoms with Crippen molar-refractivity contribution in [2.75, 3.05) is 13.1 Å². The van der Waals surface area contributed by atoms with E-state index in [1.54, 1.807) is 11.3 Å². The van der Waals surface area contributed by atoms with Crippen LogP contribution in [-0.2, 0) is 4.79 Å². The second-order valence-electron chi connectivity index (χ2n) is 6.79. The maximum absolute atomic E-state index is 11.3. The topological polar surface area (TPSA) is 40.5 Å². The van der Waals surface area contributed by atoms with Crippen LogP contribution in [-0.4, -0.2) is 29.1 Å². The van der Waals surface area contributed by atoms with Gasteiger partial charge in [0.05, 0.1) is 12.0 Å². The van der Waals surface area contributed by atoms with Gasteiger partial charge in [-0.15, -0.1) is 11.3 Å². The van der Waals surface area contributed by atoms with Crippen LogP contribution in [0.1, 0.15) is 30.0 Å². The highest BCUT2D eigenvalue weighted by atomic mass is 79.9. The van der Waals surface area contributed by atoms with E-state index in [0.29, 0.717) is 12.8 Å². The second-order valence-corrected chi connectivity index (χ2v) is 8.62. The van der Waals surface area contributed by atoms with Crippen LogP contribution < -0.4 is 0 Å². The zero-order chi connectivity index (χ0) is 18.1. The third-order valence-corrected chi connectivity index (χ3v) is 6.75. The van der Waals surface area contributed by atoms with Gasteiger partial charge in [0.15, 0.2) is 0 Å². The van der Waals surface area contributed by atoms with Gasteiger partial charge in [0.2, 0.25) is 0 Å². The lowest BCUT2D eigenvalue weighted by Crippen LogP contribution is -2.39. The first-order valence-electron chi connectivity index (χ1n) is 8.82. The van der Waals surface area contributed by atoms with E-state index in [0.717, 1.165) is 17.6 Å². The molecule has 1 aromatic heterocycles. The summed E-state index contributed by atoms with van der Waals surface area (Å²) in [5.41, 5.74) is 2.58. The molecule has 0 radical (unpaired) electrons. The maximum Gasteiger partial charge on any atom is 0.306 e. The number of carboxylic acid groups (broad SMARTS) is 1. The molecule has 0 amide bonds. The summed E-state index contributed by atoms with van der Waals surface area (Å²) in [6, 6.07) is 17.2. The van der Waals surface area contributed by atoms with Crippen LogP contribution in [0.2, 0.25) is 0 Å². The van der Waals surface area contributed by atoms with Gasteiger partial charge in [-0.25, -0.2) is 0 Å². The Hall–Kier alpha value is -1.69. The van der Waals surface area contributed by atoms with E-state index in [4.69, 9.17) is 0 Å². The molecule has 1 N–H and O–H groups in total. The van der Waals surface area contributed by atoms with Crippen LogP contribution >= 0.6 is 27.3 Å². The summed E-state index contributed by atoms with van der Waals surface area (Å²) < 4.78 is 2.37. The highest BCUT2D eigenvalue weighted by Gasteiger charge is 2.31. The monoisotopic (exact) mass is 429 g/mol. The molecule has 0 bridgehead atoms. The van der Waals surface area contributed by atoms with Crippen LogP contribution in [0.4, 0.5) is 0 Å². The molecular weight excluding hydrogens is 410 g/mol. The first kappa shape index (κ1) is 17.7. The highest BCUT2D eigenvalue weighted by Crippen LogP contribution is 2.39. The molecule has 2 aromatic carbocycles. The molecule has 0 aliphatic carbocycles. The van der Waals surface area contributed by atoms with Crippen LogP contribution in [0, 0.1) is 5.92 Å². The number of halogens is 1. The van der Waals surface area contributed by atoms with Crippen molar-refractivity contribution in [2.45, 2.75) is 18.9 Å². The minimum Gasteiger partial charge on any atom is -0.481 e. The van der Waals surface area contributed by atoms with Crippen molar-refractivity contribution in [3.8, 4) is 0 Å². The molecule has 1 saturated heterocycles. The quantitative estimate of drug-likeness (QED) is 0.590. The summed E-state index contributed by atoms with van der Waals surface area (Å²) in [6.07, 6.45) is 1.43. The minimum atomic E-state index is -0.661. The molecule has 1 aliphatic heterocycles. The third-order valence-electron chi connectivity index (χ3n) is 5.24. The molecule has 0 saturated carbocycles. The number of likely N-dealkylation sites (tertiary alicyclic amines) is 1. The van der Waals surface area contributed by atoms with Gasteiger partial charge in [0, 0.05) is 9.17 Å². The third kappa shape index (κ3) is 3.43. The number of nitrogens with zero attached hydrogens (tertiary/aromatic N) is 1. The smallest absolute Gasteiger partial charge is 0.306 e. The van der Waals surface area contributed by atoms with Crippen molar-refractivity contribution < 1.29 is 9.90 Å². The number of carboxylic acids is 1. The van der Waals surface area contributed by atoms with Crippen molar-refractivity contribution in [2.24, 2.45) is 5.92 Å². The first-order valence-corrected chi connectivity index (χ1v) is 10.5. The first-order chi connectivity index (χ1) is 12.6. The minimum absolute atomic E-state index is 0.161. The summed E-state index contributed by atoms with van der Waals surface area (Å²) >= 11 is 5.31. The summed E-state index contributed by atoms with van der Waals surface area (Å²) in [6.45, 7) is 1.61. The molecule has 1 aliphatic rings. The Morgan fingerprint density at radius 3 is 2.50 bits per heavy atom. The standard InChI is InChI=1S/C21H20BrNO2S/c22-16-7-5-14(6-8-16)20(23-11-9-15(10-12-23)21(24)25)18-13-26-19-4-2-1-3-17(18)19/h1-8,13,15,20H,9-12H2,(H,24,25). The molecule has 0 spiro atoms. The number of fused-ring (bicyclic) bond motifs is 1.